The molecule has 1 heterocycles. The number of furan rings is 1. The van der Waals surface area contributed by atoms with E-state index in [4.69, 9.17) is 16.6 Å². The van der Waals surface area contributed by atoms with Gasteiger partial charge in [0.25, 0.3) is 11.6 Å². The van der Waals surface area contributed by atoms with Gasteiger partial charge in [-0.2, -0.15) is 0 Å². The van der Waals surface area contributed by atoms with Gasteiger partial charge in [0.1, 0.15) is 5.76 Å². The molecule has 0 unspecified atom stereocenters. The lowest BCUT2D eigenvalue weighted by Crippen LogP contribution is -2.34. The number of thiocarbonyl (C=S) groups is 1. The van der Waals surface area contributed by atoms with Gasteiger partial charge in [0.05, 0.1) is 10.5 Å². The Bertz CT molecular complexity index is 1090. The Morgan fingerprint density at radius 1 is 1.13 bits per heavy atom. The molecule has 2 aromatic carbocycles. The standard InChI is InChI=1S/C22H21N3O4S/c1-3-14(2)15-8-4-6-10-17(15)23-22(30)24-21(26)20-13-12-19(29-20)16-9-5-7-11-18(16)25(27)28/h4-14H,3H2,1-2H3,(H2,23,24,26,30)/t14-/m0/s1. The minimum Gasteiger partial charge on any atom is -0.451 e. The Morgan fingerprint density at radius 2 is 1.83 bits per heavy atom. The summed E-state index contributed by atoms with van der Waals surface area (Å²) in [6.45, 7) is 4.22. The second-order valence-corrected chi connectivity index (χ2v) is 7.15. The van der Waals surface area contributed by atoms with Crippen molar-refractivity contribution < 1.29 is 14.1 Å². The first-order valence-corrected chi connectivity index (χ1v) is 9.86. The van der Waals surface area contributed by atoms with Crippen molar-refractivity contribution in [2.45, 2.75) is 26.2 Å². The Labute approximate surface area is 179 Å². The van der Waals surface area contributed by atoms with Crippen LogP contribution in [0.5, 0.6) is 0 Å². The molecule has 0 aliphatic rings. The fraction of sp³-hybridized carbons (Fsp3) is 0.182. The van der Waals surface area contributed by atoms with Crippen molar-refractivity contribution in [1.29, 1.82) is 0 Å². The number of carbonyl (C=O) groups is 1. The van der Waals surface area contributed by atoms with Gasteiger partial charge in [0, 0.05) is 11.8 Å². The number of amides is 1. The molecule has 1 aromatic heterocycles. The minimum absolute atomic E-state index is 0.00233. The maximum absolute atomic E-state index is 12.5. The zero-order valence-corrected chi connectivity index (χ0v) is 17.4. The molecular weight excluding hydrogens is 402 g/mol. The zero-order chi connectivity index (χ0) is 21.7. The Kier molecular flexibility index (Phi) is 6.58. The minimum atomic E-state index is -0.543. The number of carbonyl (C=O) groups excluding carboxylic acids is 1. The van der Waals surface area contributed by atoms with Crippen LogP contribution in [0.15, 0.2) is 65.1 Å². The van der Waals surface area contributed by atoms with Crippen LogP contribution in [0.2, 0.25) is 0 Å². The molecule has 0 bridgehead atoms. The molecule has 0 aliphatic heterocycles. The molecule has 8 heteroatoms. The van der Waals surface area contributed by atoms with Crippen LogP contribution in [0.25, 0.3) is 11.3 Å². The second-order valence-electron chi connectivity index (χ2n) is 6.74. The molecule has 1 atom stereocenters. The van der Waals surface area contributed by atoms with Gasteiger partial charge in [-0.25, -0.2) is 0 Å². The van der Waals surface area contributed by atoms with Crippen molar-refractivity contribution >= 4 is 34.6 Å². The quantitative estimate of drug-likeness (QED) is 0.309. The third kappa shape index (κ3) is 4.72. The summed E-state index contributed by atoms with van der Waals surface area (Å²) < 4.78 is 5.55. The van der Waals surface area contributed by atoms with Crippen molar-refractivity contribution in [2.24, 2.45) is 0 Å². The first-order chi connectivity index (χ1) is 14.4. The van der Waals surface area contributed by atoms with E-state index in [0.29, 0.717) is 11.5 Å². The van der Waals surface area contributed by atoms with Crippen LogP contribution >= 0.6 is 12.2 Å². The largest absolute Gasteiger partial charge is 0.451 e. The van der Waals surface area contributed by atoms with Crippen molar-refractivity contribution in [2.75, 3.05) is 5.32 Å². The lowest BCUT2D eigenvalue weighted by Gasteiger charge is -2.16. The molecule has 0 aliphatic carbocycles. The van der Waals surface area contributed by atoms with E-state index >= 15 is 0 Å². The number of nitrogens with one attached hydrogen (secondary N) is 2. The molecule has 154 valence electrons. The number of hydrogen-bond donors (Lipinski definition) is 2. The molecule has 3 aromatic rings. The van der Waals surface area contributed by atoms with Crippen LogP contribution in [0, 0.1) is 10.1 Å². The lowest BCUT2D eigenvalue weighted by molar-refractivity contribution is -0.384. The molecule has 2 N–H and O–H groups in total. The van der Waals surface area contributed by atoms with Gasteiger partial charge in [-0.15, -0.1) is 0 Å². The van der Waals surface area contributed by atoms with Crippen molar-refractivity contribution in [3.05, 3.63) is 82.1 Å². The number of nitro groups is 1. The Balaban J connectivity index is 1.73. The van der Waals surface area contributed by atoms with Crippen molar-refractivity contribution in [3.63, 3.8) is 0 Å². The topological polar surface area (TPSA) is 97.4 Å². The fourth-order valence-electron chi connectivity index (χ4n) is 3.02. The highest BCUT2D eigenvalue weighted by atomic mass is 32.1. The summed E-state index contributed by atoms with van der Waals surface area (Å²) in [6, 6.07) is 16.9. The van der Waals surface area contributed by atoms with Gasteiger partial charge in [0.2, 0.25) is 0 Å². The highest BCUT2D eigenvalue weighted by Crippen LogP contribution is 2.31. The summed E-state index contributed by atoms with van der Waals surface area (Å²) >= 11 is 5.28. The molecule has 0 saturated heterocycles. The maximum Gasteiger partial charge on any atom is 0.293 e. The average molecular weight is 423 g/mol. The van der Waals surface area contributed by atoms with Crippen LogP contribution in [0.1, 0.15) is 42.3 Å². The molecule has 30 heavy (non-hydrogen) atoms. The lowest BCUT2D eigenvalue weighted by atomic mass is 9.97. The molecule has 3 rings (SSSR count). The van der Waals surface area contributed by atoms with E-state index < -0.39 is 10.8 Å². The highest BCUT2D eigenvalue weighted by molar-refractivity contribution is 7.80. The predicted octanol–water partition coefficient (Wildman–Crippen LogP) is 5.50. The number of nitrogens with zero attached hydrogens (tertiary/aromatic N) is 1. The van der Waals surface area contributed by atoms with Gasteiger partial charge in [0.15, 0.2) is 10.9 Å². The summed E-state index contributed by atoms with van der Waals surface area (Å²) in [5.74, 6) is 0.0239. The van der Waals surface area contributed by atoms with E-state index in [0.717, 1.165) is 17.7 Å². The second kappa shape index (κ2) is 9.32. The smallest absolute Gasteiger partial charge is 0.293 e. The van der Waals surface area contributed by atoms with E-state index in [9.17, 15) is 14.9 Å². The van der Waals surface area contributed by atoms with Crippen molar-refractivity contribution in [1.82, 2.24) is 5.32 Å². The average Bonchev–Trinajstić information content (AvgIpc) is 3.24. The maximum atomic E-state index is 12.5. The molecule has 0 saturated carbocycles. The number of benzene rings is 2. The highest BCUT2D eigenvalue weighted by Gasteiger charge is 2.20. The molecule has 0 fully saturated rings. The van der Waals surface area contributed by atoms with Crippen LogP contribution < -0.4 is 10.6 Å². The first-order valence-electron chi connectivity index (χ1n) is 9.45. The molecule has 0 radical (unpaired) electrons. The SMILES string of the molecule is CC[C@H](C)c1ccccc1NC(=S)NC(=O)c1ccc(-c2ccccc2[N+](=O)[O-])o1. The Hall–Kier alpha value is -3.52. The van der Waals surface area contributed by atoms with Crippen LogP contribution in [-0.4, -0.2) is 15.9 Å². The number of nitro benzene ring substituents is 1. The monoisotopic (exact) mass is 423 g/mol. The zero-order valence-electron chi connectivity index (χ0n) is 16.5. The number of hydrogen-bond acceptors (Lipinski definition) is 5. The third-order valence-electron chi connectivity index (χ3n) is 4.78. The summed E-state index contributed by atoms with van der Waals surface area (Å²) in [6.07, 6.45) is 0.971. The molecule has 0 spiro atoms. The van der Waals surface area contributed by atoms with Crippen LogP contribution in [0.4, 0.5) is 11.4 Å². The molecule has 1 amide bonds. The van der Waals surface area contributed by atoms with Gasteiger partial charge < -0.3 is 9.73 Å². The van der Waals surface area contributed by atoms with Gasteiger partial charge in [-0.05, 0) is 54.4 Å². The number of anilines is 1. The summed E-state index contributed by atoms with van der Waals surface area (Å²) in [5.41, 5.74) is 2.13. The van der Waals surface area contributed by atoms with E-state index in [1.165, 1.54) is 18.2 Å². The third-order valence-corrected chi connectivity index (χ3v) is 4.98. The van der Waals surface area contributed by atoms with Crippen molar-refractivity contribution in [3.8, 4) is 11.3 Å². The predicted molar refractivity (Wildman–Crippen MR) is 120 cm³/mol. The van der Waals surface area contributed by atoms with E-state index in [1.807, 2.05) is 24.3 Å². The van der Waals surface area contributed by atoms with E-state index in [2.05, 4.69) is 24.5 Å². The van der Waals surface area contributed by atoms with E-state index in [-0.39, 0.29) is 22.3 Å². The van der Waals surface area contributed by atoms with Gasteiger partial charge in [-0.3, -0.25) is 20.2 Å². The first kappa shape index (κ1) is 21.2. The van der Waals surface area contributed by atoms with Crippen LogP contribution in [0.3, 0.4) is 0 Å². The summed E-state index contributed by atoms with van der Waals surface area (Å²) in [5, 5.41) is 17.0. The number of rotatable bonds is 6. The number of para-hydroxylation sites is 2. The molecular formula is C22H21N3O4S. The van der Waals surface area contributed by atoms with Crippen LogP contribution in [-0.2, 0) is 0 Å². The Morgan fingerprint density at radius 3 is 2.57 bits per heavy atom. The van der Waals surface area contributed by atoms with E-state index in [1.54, 1.807) is 18.2 Å². The summed E-state index contributed by atoms with van der Waals surface area (Å²) in [7, 11) is 0. The normalized spacial score (nSPS) is 11.5. The van der Waals surface area contributed by atoms with Gasteiger partial charge in [-0.1, -0.05) is 44.2 Å². The fourth-order valence-corrected chi connectivity index (χ4v) is 3.23. The van der Waals surface area contributed by atoms with Gasteiger partial charge >= 0.3 is 0 Å². The molecule has 7 nitrogen and oxygen atoms in total. The summed E-state index contributed by atoms with van der Waals surface area (Å²) in [4.78, 5) is 23.2.